The fourth-order valence-electron chi connectivity index (χ4n) is 2.59. The molecule has 1 unspecified atom stereocenters. The summed E-state index contributed by atoms with van der Waals surface area (Å²) in [6, 6.07) is 13.2. The number of sulfone groups is 1. The van der Waals surface area contributed by atoms with Crippen molar-refractivity contribution in [2.75, 3.05) is 5.75 Å². The predicted molar refractivity (Wildman–Crippen MR) is 109 cm³/mol. The molecule has 2 aromatic carbocycles. The Morgan fingerprint density at radius 3 is 2.39 bits per heavy atom. The maximum Gasteiger partial charge on any atom is 0.252 e. The minimum Gasteiger partial charge on any atom is -0.350 e. The van der Waals surface area contributed by atoms with Crippen molar-refractivity contribution in [3.8, 4) is 0 Å². The second kappa shape index (κ2) is 9.50. The second-order valence-corrected chi connectivity index (χ2v) is 8.81. The molecule has 6 nitrogen and oxygen atoms in total. The normalized spacial score (nSPS) is 12.2. The zero-order valence-corrected chi connectivity index (χ0v) is 17.2. The van der Waals surface area contributed by atoms with Crippen LogP contribution in [-0.2, 0) is 16.4 Å². The maximum absolute atomic E-state index is 12.5. The zero-order valence-electron chi connectivity index (χ0n) is 16.4. The number of hydrogen-bond donors (Lipinski definition) is 2. The van der Waals surface area contributed by atoms with Crippen molar-refractivity contribution in [3.63, 3.8) is 0 Å². The first-order valence-corrected chi connectivity index (χ1v) is 10.9. The van der Waals surface area contributed by atoms with Crippen LogP contribution in [-0.4, -0.2) is 32.0 Å². The van der Waals surface area contributed by atoms with Crippen LogP contribution in [0.5, 0.6) is 0 Å². The first kappa shape index (κ1) is 21.6. The zero-order chi connectivity index (χ0) is 20.7. The first-order valence-electron chi connectivity index (χ1n) is 9.28. The number of hydrogen-bond acceptors (Lipinski definition) is 4. The van der Waals surface area contributed by atoms with Gasteiger partial charge in [-0.15, -0.1) is 0 Å². The molecule has 0 radical (unpaired) electrons. The molecule has 28 heavy (non-hydrogen) atoms. The van der Waals surface area contributed by atoms with Crippen molar-refractivity contribution < 1.29 is 18.0 Å². The van der Waals surface area contributed by atoms with Gasteiger partial charge in [-0.2, -0.15) is 0 Å². The van der Waals surface area contributed by atoms with Crippen LogP contribution in [0.2, 0.25) is 0 Å². The molecule has 0 fully saturated rings. The van der Waals surface area contributed by atoms with E-state index in [0.29, 0.717) is 5.56 Å². The SMILES string of the molecule is CCC(C)NC(=O)c1cccc(CNC(=O)c2ccccc2S(=O)(=O)CC)c1. The molecule has 2 rings (SSSR count). The summed E-state index contributed by atoms with van der Waals surface area (Å²) in [5, 5.41) is 5.64. The van der Waals surface area contributed by atoms with E-state index in [2.05, 4.69) is 10.6 Å². The summed E-state index contributed by atoms with van der Waals surface area (Å²) >= 11 is 0. The highest BCUT2D eigenvalue weighted by atomic mass is 32.2. The van der Waals surface area contributed by atoms with Gasteiger partial charge in [0.15, 0.2) is 9.84 Å². The highest BCUT2D eigenvalue weighted by Crippen LogP contribution is 2.17. The fraction of sp³-hybridized carbons (Fsp3) is 0.333. The molecule has 0 heterocycles. The molecule has 0 aromatic heterocycles. The Labute approximate surface area is 166 Å². The highest BCUT2D eigenvalue weighted by molar-refractivity contribution is 7.91. The molecule has 0 aliphatic carbocycles. The van der Waals surface area contributed by atoms with Crippen LogP contribution in [0.4, 0.5) is 0 Å². The molecular weight excluding hydrogens is 376 g/mol. The third-order valence-electron chi connectivity index (χ3n) is 4.48. The van der Waals surface area contributed by atoms with E-state index in [-0.39, 0.29) is 34.7 Å². The second-order valence-electron chi connectivity index (χ2n) is 6.57. The Morgan fingerprint density at radius 2 is 1.71 bits per heavy atom. The molecule has 0 bridgehead atoms. The Balaban J connectivity index is 2.12. The minimum atomic E-state index is -3.50. The predicted octanol–water partition coefficient (Wildman–Crippen LogP) is 2.94. The fourth-order valence-corrected chi connectivity index (χ4v) is 3.68. The van der Waals surface area contributed by atoms with E-state index in [1.165, 1.54) is 12.1 Å². The lowest BCUT2D eigenvalue weighted by Gasteiger charge is -2.13. The Kier molecular flexibility index (Phi) is 7.34. The summed E-state index contributed by atoms with van der Waals surface area (Å²) in [6.07, 6.45) is 0.835. The molecule has 2 aromatic rings. The molecule has 2 N–H and O–H groups in total. The Bertz CT molecular complexity index is 954. The average molecular weight is 403 g/mol. The van der Waals surface area contributed by atoms with Crippen LogP contribution in [0, 0.1) is 0 Å². The van der Waals surface area contributed by atoms with Crippen molar-refractivity contribution in [1.82, 2.24) is 10.6 Å². The molecule has 0 saturated heterocycles. The van der Waals surface area contributed by atoms with Crippen LogP contribution in [0.15, 0.2) is 53.4 Å². The lowest BCUT2D eigenvalue weighted by molar-refractivity contribution is 0.0936. The van der Waals surface area contributed by atoms with Crippen molar-refractivity contribution in [2.45, 2.75) is 44.7 Å². The molecule has 1 atom stereocenters. The van der Waals surface area contributed by atoms with E-state index in [1.807, 2.05) is 13.8 Å². The van der Waals surface area contributed by atoms with E-state index in [0.717, 1.165) is 12.0 Å². The Morgan fingerprint density at radius 1 is 1.00 bits per heavy atom. The van der Waals surface area contributed by atoms with Gasteiger partial charge in [0.2, 0.25) is 0 Å². The molecule has 0 saturated carbocycles. The van der Waals surface area contributed by atoms with Crippen molar-refractivity contribution in [3.05, 3.63) is 65.2 Å². The van der Waals surface area contributed by atoms with Crippen LogP contribution >= 0.6 is 0 Å². The molecule has 7 heteroatoms. The van der Waals surface area contributed by atoms with Gasteiger partial charge in [0.25, 0.3) is 11.8 Å². The Hall–Kier alpha value is -2.67. The number of carbonyl (C=O) groups is 2. The quantitative estimate of drug-likeness (QED) is 0.710. The van der Waals surface area contributed by atoms with Crippen LogP contribution in [0.25, 0.3) is 0 Å². The van der Waals surface area contributed by atoms with Gasteiger partial charge in [0.1, 0.15) is 0 Å². The van der Waals surface area contributed by atoms with Crippen molar-refractivity contribution in [1.29, 1.82) is 0 Å². The topological polar surface area (TPSA) is 92.3 Å². The number of nitrogens with one attached hydrogen (secondary N) is 2. The van der Waals surface area contributed by atoms with Gasteiger partial charge in [0, 0.05) is 18.2 Å². The van der Waals surface area contributed by atoms with E-state index >= 15 is 0 Å². The first-order chi connectivity index (χ1) is 13.3. The summed E-state index contributed by atoms with van der Waals surface area (Å²) in [5.41, 5.74) is 1.39. The van der Waals surface area contributed by atoms with Gasteiger partial charge in [-0.05, 0) is 43.2 Å². The number of amides is 2. The van der Waals surface area contributed by atoms with Gasteiger partial charge in [-0.25, -0.2) is 8.42 Å². The number of carbonyl (C=O) groups excluding carboxylic acids is 2. The van der Waals surface area contributed by atoms with Crippen LogP contribution < -0.4 is 10.6 Å². The van der Waals surface area contributed by atoms with Gasteiger partial charge in [-0.1, -0.05) is 38.1 Å². The van der Waals surface area contributed by atoms with E-state index in [9.17, 15) is 18.0 Å². The number of benzene rings is 2. The standard InChI is InChI=1S/C21H26N2O4S/c1-4-15(3)23-20(24)17-10-8-9-16(13-17)14-22-21(25)18-11-6-7-12-19(18)28(26,27)5-2/h6-13,15H,4-5,14H2,1-3H3,(H,22,25)(H,23,24). The lowest BCUT2D eigenvalue weighted by Crippen LogP contribution is -2.32. The summed E-state index contributed by atoms with van der Waals surface area (Å²) in [4.78, 5) is 24.8. The van der Waals surface area contributed by atoms with Gasteiger partial charge < -0.3 is 10.6 Å². The van der Waals surface area contributed by atoms with E-state index in [1.54, 1.807) is 43.3 Å². The summed E-state index contributed by atoms with van der Waals surface area (Å²) in [6.45, 7) is 5.65. The third-order valence-corrected chi connectivity index (χ3v) is 6.27. The molecule has 0 spiro atoms. The lowest BCUT2D eigenvalue weighted by atomic mass is 10.1. The van der Waals surface area contributed by atoms with Crippen molar-refractivity contribution >= 4 is 21.7 Å². The molecule has 2 amide bonds. The summed E-state index contributed by atoms with van der Waals surface area (Å²) < 4.78 is 24.4. The average Bonchev–Trinajstić information content (AvgIpc) is 2.72. The van der Waals surface area contributed by atoms with E-state index in [4.69, 9.17) is 0 Å². The van der Waals surface area contributed by atoms with Crippen molar-refractivity contribution in [2.24, 2.45) is 0 Å². The van der Waals surface area contributed by atoms with Gasteiger partial charge in [0.05, 0.1) is 16.2 Å². The smallest absolute Gasteiger partial charge is 0.252 e. The minimum absolute atomic E-state index is 0.0247. The summed E-state index contributed by atoms with van der Waals surface area (Å²) in [7, 11) is -3.50. The van der Waals surface area contributed by atoms with Crippen LogP contribution in [0.1, 0.15) is 53.5 Å². The van der Waals surface area contributed by atoms with Gasteiger partial charge >= 0.3 is 0 Å². The maximum atomic E-state index is 12.5. The highest BCUT2D eigenvalue weighted by Gasteiger charge is 2.20. The van der Waals surface area contributed by atoms with Gasteiger partial charge in [-0.3, -0.25) is 9.59 Å². The molecule has 150 valence electrons. The van der Waals surface area contributed by atoms with Crippen LogP contribution in [0.3, 0.4) is 0 Å². The number of rotatable bonds is 8. The molecule has 0 aliphatic rings. The monoisotopic (exact) mass is 402 g/mol. The summed E-state index contributed by atoms with van der Waals surface area (Å²) in [5.74, 6) is -0.714. The third kappa shape index (κ3) is 5.42. The molecule has 0 aliphatic heterocycles. The largest absolute Gasteiger partial charge is 0.350 e. The van der Waals surface area contributed by atoms with E-state index < -0.39 is 15.7 Å². The molecular formula is C21H26N2O4S.